The van der Waals surface area contributed by atoms with Gasteiger partial charge in [-0.25, -0.2) is 16.8 Å². The zero-order valence-electron chi connectivity index (χ0n) is 16.9. The number of benzene rings is 3. The smallest absolute Gasteiger partial charge is 0.206 e. The highest BCUT2D eigenvalue weighted by Gasteiger charge is 2.46. The Kier molecular flexibility index (Phi) is 6.03. The first-order valence-corrected chi connectivity index (χ1v) is 12.8. The van der Waals surface area contributed by atoms with Gasteiger partial charge in [0.1, 0.15) is 0 Å². The summed E-state index contributed by atoms with van der Waals surface area (Å²) in [5.74, 6) is 0. The third-order valence-corrected chi connectivity index (χ3v) is 9.85. The number of hydrogen-bond donors (Lipinski definition) is 0. The molecule has 3 aromatic carbocycles. The molecule has 0 radical (unpaired) electrons. The summed E-state index contributed by atoms with van der Waals surface area (Å²) >= 11 is 0. The molecule has 10 heteroatoms. The van der Waals surface area contributed by atoms with Gasteiger partial charge >= 0.3 is 0 Å². The maximum Gasteiger partial charge on any atom is 0.256 e. The van der Waals surface area contributed by atoms with Crippen molar-refractivity contribution in [2.24, 2.45) is 5.11 Å². The Morgan fingerprint density at radius 1 is 0.781 bits per heavy atom. The topological polar surface area (TPSA) is 120 Å². The Hall–Kier alpha value is -3.17. The highest BCUT2D eigenvalue weighted by molar-refractivity contribution is 8.04. The van der Waals surface area contributed by atoms with Crippen molar-refractivity contribution in [3.05, 3.63) is 106 Å². The summed E-state index contributed by atoms with van der Waals surface area (Å²) < 4.78 is 55.4. The molecule has 32 heavy (non-hydrogen) atoms. The molecule has 0 bridgehead atoms. The normalized spacial score (nSPS) is 18.5. The molecule has 0 aromatic heterocycles. The van der Waals surface area contributed by atoms with Crippen molar-refractivity contribution in [3.8, 4) is 0 Å². The van der Waals surface area contributed by atoms with Gasteiger partial charge in [-0.05, 0) is 53.8 Å². The fourth-order valence-electron chi connectivity index (χ4n) is 4.01. The second-order valence-electron chi connectivity index (χ2n) is 7.32. The lowest BCUT2D eigenvalue weighted by molar-refractivity contribution is 0.339. The Bertz CT molecular complexity index is 1300. The Balaban J connectivity index is 1.95. The van der Waals surface area contributed by atoms with Crippen LogP contribution in [0.4, 0.5) is 0 Å². The molecule has 1 aliphatic carbocycles. The lowest BCUT2D eigenvalue weighted by atomic mass is 9.85. The predicted molar refractivity (Wildman–Crippen MR) is 120 cm³/mol. The van der Waals surface area contributed by atoms with E-state index in [0.29, 0.717) is 15.7 Å². The minimum absolute atomic E-state index is 0.155. The monoisotopic (exact) mass is 468 g/mol. The molecule has 1 aliphatic rings. The maximum absolute atomic E-state index is 13.7. The van der Waals surface area contributed by atoms with Crippen LogP contribution in [0.5, 0.6) is 0 Å². The van der Waals surface area contributed by atoms with Crippen molar-refractivity contribution in [1.82, 2.24) is 3.71 Å². The summed E-state index contributed by atoms with van der Waals surface area (Å²) in [6.07, 6.45) is 0.627. The third kappa shape index (κ3) is 3.89. The molecule has 0 saturated carbocycles. The maximum atomic E-state index is 13.7. The first-order chi connectivity index (χ1) is 15.4. The van der Waals surface area contributed by atoms with Gasteiger partial charge < -0.3 is 0 Å². The zero-order chi connectivity index (χ0) is 22.8. The number of sulfonamides is 2. The van der Waals surface area contributed by atoms with Gasteiger partial charge in [0.2, 0.25) is 0 Å². The van der Waals surface area contributed by atoms with E-state index in [1.807, 2.05) is 12.1 Å². The number of aryl methyl sites for hydroxylation is 1. The van der Waals surface area contributed by atoms with Crippen LogP contribution in [0.3, 0.4) is 0 Å². The summed E-state index contributed by atoms with van der Waals surface area (Å²) in [5, 5.41) is 3.85. The number of rotatable bonds is 6. The molecule has 0 aliphatic heterocycles. The van der Waals surface area contributed by atoms with Crippen molar-refractivity contribution in [3.63, 3.8) is 0 Å². The van der Waals surface area contributed by atoms with Crippen LogP contribution in [-0.4, -0.2) is 26.6 Å². The largest absolute Gasteiger partial charge is 0.256 e. The first-order valence-electron chi connectivity index (χ1n) is 9.89. The molecule has 0 spiro atoms. The quantitative estimate of drug-likeness (QED) is 0.302. The van der Waals surface area contributed by atoms with Crippen molar-refractivity contribution in [1.29, 1.82) is 0 Å². The Morgan fingerprint density at radius 2 is 1.28 bits per heavy atom. The fourth-order valence-corrected chi connectivity index (χ4v) is 8.13. The van der Waals surface area contributed by atoms with Crippen LogP contribution in [0.1, 0.15) is 23.6 Å². The predicted octanol–water partition coefficient (Wildman–Crippen LogP) is 4.43. The van der Waals surface area contributed by atoms with Crippen LogP contribution < -0.4 is 0 Å². The van der Waals surface area contributed by atoms with Gasteiger partial charge in [0.25, 0.3) is 20.0 Å². The molecule has 0 fully saturated rings. The van der Waals surface area contributed by atoms with E-state index in [1.165, 1.54) is 48.5 Å². The minimum Gasteiger partial charge on any atom is -0.206 e. The SMILES string of the molecule is [N-]=[N+]=N[C@H]1c2ccccc2CC[C@@H]1N(S(=O)(=O)c1ccccc1)S(=O)(=O)c1ccccc1. The van der Waals surface area contributed by atoms with Gasteiger partial charge in [0, 0.05) is 4.91 Å². The average molecular weight is 469 g/mol. The molecule has 8 nitrogen and oxygen atoms in total. The van der Waals surface area contributed by atoms with Crippen molar-refractivity contribution >= 4 is 20.0 Å². The van der Waals surface area contributed by atoms with Crippen molar-refractivity contribution in [2.75, 3.05) is 0 Å². The van der Waals surface area contributed by atoms with E-state index < -0.39 is 32.1 Å². The number of azide groups is 1. The van der Waals surface area contributed by atoms with Gasteiger partial charge in [-0.3, -0.25) is 0 Å². The van der Waals surface area contributed by atoms with Gasteiger partial charge in [-0.15, -0.1) is 0 Å². The molecule has 0 amide bonds. The summed E-state index contributed by atoms with van der Waals surface area (Å²) in [6.45, 7) is 0. The van der Waals surface area contributed by atoms with Gasteiger partial charge in [0.05, 0.1) is 21.9 Å². The molecule has 0 N–H and O–H groups in total. The lowest BCUT2D eigenvalue weighted by Crippen LogP contribution is -2.48. The van der Waals surface area contributed by atoms with Crippen LogP contribution in [0, 0.1) is 0 Å². The molecular weight excluding hydrogens is 448 g/mol. The second-order valence-corrected chi connectivity index (χ2v) is 11.2. The van der Waals surface area contributed by atoms with E-state index in [2.05, 4.69) is 10.0 Å². The minimum atomic E-state index is -4.50. The lowest BCUT2D eigenvalue weighted by Gasteiger charge is -2.37. The van der Waals surface area contributed by atoms with Gasteiger partial charge in [-0.2, -0.15) is 0 Å². The Labute approximate surface area is 186 Å². The number of hydrogen-bond acceptors (Lipinski definition) is 5. The zero-order valence-corrected chi connectivity index (χ0v) is 18.5. The first kappa shape index (κ1) is 22.0. The molecule has 0 unspecified atom stereocenters. The van der Waals surface area contributed by atoms with Gasteiger partial charge in [0.15, 0.2) is 0 Å². The van der Waals surface area contributed by atoms with Crippen LogP contribution in [0.15, 0.2) is 99.8 Å². The summed E-state index contributed by atoms with van der Waals surface area (Å²) in [7, 11) is -9.00. The van der Waals surface area contributed by atoms with Gasteiger partial charge in [-0.1, -0.05) is 69.5 Å². The molecule has 0 saturated heterocycles. The second kappa shape index (κ2) is 8.76. The molecule has 2 atom stereocenters. The van der Waals surface area contributed by atoms with E-state index in [9.17, 15) is 22.4 Å². The van der Waals surface area contributed by atoms with E-state index in [-0.39, 0.29) is 16.2 Å². The van der Waals surface area contributed by atoms with Crippen LogP contribution in [-0.2, 0) is 26.5 Å². The molecule has 0 heterocycles. The van der Waals surface area contributed by atoms with Crippen LogP contribution in [0.25, 0.3) is 10.4 Å². The average Bonchev–Trinajstić information content (AvgIpc) is 2.81. The standard InChI is InChI=1S/C22H20N4O4S2/c23-25-24-22-20-14-8-7-9-17(20)15-16-21(22)26(31(27,28)18-10-3-1-4-11-18)32(29,30)19-12-5-2-6-13-19/h1-14,21-22H,15-16H2/t21-,22-/m0/s1. The molecular formula is C22H20N4O4S2. The van der Waals surface area contributed by atoms with Crippen LogP contribution >= 0.6 is 0 Å². The highest BCUT2D eigenvalue weighted by Crippen LogP contribution is 2.40. The number of fused-ring (bicyclic) bond motifs is 1. The fraction of sp³-hybridized carbons (Fsp3) is 0.182. The summed E-state index contributed by atoms with van der Waals surface area (Å²) in [4.78, 5) is 2.60. The van der Waals surface area contributed by atoms with Crippen molar-refractivity contribution in [2.45, 2.75) is 34.7 Å². The summed E-state index contributed by atoms with van der Waals surface area (Å²) in [6, 6.07) is 19.9. The number of nitrogens with zero attached hydrogens (tertiary/aromatic N) is 4. The Morgan fingerprint density at radius 3 is 1.81 bits per heavy atom. The van der Waals surface area contributed by atoms with Crippen LogP contribution in [0.2, 0.25) is 0 Å². The highest BCUT2D eigenvalue weighted by atomic mass is 32.3. The van der Waals surface area contributed by atoms with Crippen molar-refractivity contribution < 1.29 is 16.8 Å². The molecule has 3 aromatic rings. The van der Waals surface area contributed by atoms with E-state index in [0.717, 1.165) is 5.56 Å². The van der Waals surface area contributed by atoms with E-state index in [1.54, 1.807) is 24.3 Å². The molecule has 4 rings (SSSR count). The summed E-state index contributed by atoms with van der Waals surface area (Å²) in [5.41, 5.74) is 10.7. The molecule has 164 valence electrons. The van der Waals surface area contributed by atoms with E-state index >= 15 is 0 Å². The third-order valence-electron chi connectivity index (χ3n) is 5.45. The van der Waals surface area contributed by atoms with E-state index in [4.69, 9.17) is 0 Å².